The Morgan fingerprint density at radius 2 is 2.08 bits per heavy atom. The molecule has 2 saturated heterocycles. The normalized spacial score (nSPS) is 25.3. The summed E-state index contributed by atoms with van der Waals surface area (Å²) < 4.78 is 0. The smallest absolute Gasteiger partial charge is 0.251 e. The van der Waals surface area contributed by atoms with Crippen LogP contribution < -0.4 is 10.6 Å². The number of hydrogen-bond donors (Lipinski definition) is 1. The third kappa shape index (κ3) is 3.03. The summed E-state index contributed by atoms with van der Waals surface area (Å²) in [6, 6.07) is 4.62. The first-order valence-electron chi connectivity index (χ1n) is 8.05. The van der Waals surface area contributed by atoms with Gasteiger partial charge in [-0.2, -0.15) is 0 Å². The van der Waals surface area contributed by atoms with E-state index in [1.165, 1.54) is 4.90 Å². The Kier molecular flexibility index (Phi) is 4.60. The number of imide groups is 1. The van der Waals surface area contributed by atoms with Crippen LogP contribution in [-0.4, -0.2) is 41.8 Å². The van der Waals surface area contributed by atoms with Crippen molar-refractivity contribution in [2.24, 2.45) is 11.7 Å². The number of benzene rings is 1. The predicted octanol–water partition coefficient (Wildman–Crippen LogP) is 1.48. The fraction of sp³-hybridized carbons (Fsp3) is 0.471. The third-order valence-corrected chi connectivity index (χ3v) is 5.24. The molecule has 2 heterocycles. The maximum atomic E-state index is 12.8. The number of carbonyl (C=O) groups is 3. The zero-order valence-electron chi connectivity index (χ0n) is 13.5. The molecule has 2 aliphatic heterocycles. The van der Waals surface area contributed by atoms with Gasteiger partial charge in [0.15, 0.2) is 0 Å². The molecule has 1 aromatic rings. The number of primary amides is 1. The lowest BCUT2D eigenvalue weighted by Crippen LogP contribution is -2.49. The van der Waals surface area contributed by atoms with E-state index in [1.54, 1.807) is 18.2 Å². The van der Waals surface area contributed by atoms with Crippen LogP contribution in [-0.2, 0) is 14.4 Å². The Morgan fingerprint density at radius 3 is 2.75 bits per heavy atom. The second-order valence-electron chi connectivity index (χ2n) is 6.46. The van der Waals surface area contributed by atoms with Crippen LogP contribution in [0.4, 0.5) is 5.69 Å². The van der Waals surface area contributed by atoms with E-state index in [4.69, 9.17) is 17.3 Å². The number of aryl methyl sites for hydroxylation is 1. The number of likely N-dealkylation sites (tertiary alicyclic amines) is 1. The fourth-order valence-corrected chi connectivity index (χ4v) is 3.59. The molecule has 0 radical (unpaired) electrons. The molecule has 3 amide bonds. The Hall–Kier alpha value is -1.92. The monoisotopic (exact) mass is 349 g/mol. The van der Waals surface area contributed by atoms with Crippen molar-refractivity contribution in [1.29, 1.82) is 0 Å². The van der Waals surface area contributed by atoms with Crippen molar-refractivity contribution in [2.45, 2.75) is 32.2 Å². The molecule has 2 N–H and O–H groups in total. The lowest BCUT2D eigenvalue weighted by atomic mass is 9.96. The van der Waals surface area contributed by atoms with Crippen LogP contribution in [0.3, 0.4) is 0 Å². The quantitative estimate of drug-likeness (QED) is 0.838. The molecule has 0 aromatic heterocycles. The minimum Gasteiger partial charge on any atom is -0.369 e. The lowest BCUT2D eigenvalue weighted by Gasteiger charge is -2.34. The van der Waals surface area contributed by atoms with Gasteiger partial charge in [-0.05, 0) is 44.0 Å². The van der Waals surface area contributed by atoms with Crippen LogP contribution in [0.15, 0.2) is 18.2 Å². The number of hydrogen-bond acceptors (Lipinski definition) is 4. The number of rotatable bonds is 3. The number of anilines is 1. The average molecular weight is 350 g/mol. The maximum absolute atomic E-state index is 12.8. The van der Waals surface area contributed by atoms with Crippen LogP contribution in [0.1, 0.15) is 24.8 Å². The van der Waals surface area contributed by atoms with Crippen LogP contribution in [0.5, 0.6) is 0 Å². The van der Waals surface area contributed by atoms with Gasteiger partial charge in [0.2, 0.25) is 11.8 Å². The standard InChI is InChI=1S/C17H20ClN3O3/c1-10-4-5-12(7-13(10)18)21-15(22)8-14(17(21)24)20-6-2-3-11(9-20)16(19)23/h4-5,7,11,14H,2-3,6,8-9H2,1H3,(H2,19,23)/t11-,14-/m1/s1. The topological polar surface area (TPSA) is 83.7 Å². The number of piperidine rings is 1. The van der Waals surface area contributed by atoms with Crippen molar-refractivity contribution >= 4 is 35.0 Å². The Morgan fingerprint density at radius 1 is 1.33 bits per heavy atom. The fourth-order valence-electron chi connectivity index (χ4n) is 3.42. The van der Waals surface area contributed by atoms with Crippen LogP contribution in [0.25, 0.3) is 0 Å². The predicted molar refractivity (Wildman–Crippen MR) is 90.6 cm³/mol. The molecule has 0 unspecified atom stereocenters. The Bertz CT molecular complexity index is 706. The Balaban J connectivity index is 1.81. The highest BCUT2D eigenvalue weighted by Crippen LogP contribution is 2.30. The average Bonchev–Trinajstić information content (AvgIpc) is 2.85. The Labute approximate surface area is 145 Å². The van der Waals surface area contributed by atoms with Gasteiger partial charge in [-0.3, -0.25) is 19.3 Å². The van der Waals surface area contributed by atoms with Gasteiger partial charge in [-0.1, -0.05) is 17.7 Å². The van der Waals surface area contributed by atoms with Gasteiger partial charge in [0.25, 0.3) is 5.91 Å². The molecule has 1 aromatic carbocycles. The van der Waals surface area contributed by atoms with E-state index in [1.807, 2.05) is 11.8 Å². The summed E-state index contributed by atoms with van der Waals surface area (Å²) in [4.78, 5) is 39.7. The van der Waals surface area contributed by atoms with Gasteiger partial charge in [0.05, 0.1) is 24.1 Å². The second-order valence-corrected chi connectivity index (χ2v) is 6.86. The van der Waals surface area contributed by atoms with Crippen molar-refractivity contribution < 1.29 is 14.4 Å². The van der Waals surface area contributed by atoms with Gasteiger partial charge in [-0.25, -0.2) is 4.90 Å². The van der Waals surface area contributed by atoms with E-state index in [2.05, 4.69) is 0 Å². The van der Waals surface area contributed by atoms with E-state index in [-0.39, 0.29) is 30.1 Å². The molecule has 0 saturated carbocycles. The summed E-state index contributed by atoms with van der Waals surface area (Å²) in [5.41, 5.74) is 6.77. The highest BCUT2D eigenvalue weighted by molar-refractivity contribution is 6.32. The van der Waals surface area contributed by atoms with Crippen molar-refractivity contribution in [3.05, 3.63) is 28.8 Å². The molecular weight excluding hydrogens is 330 g/mol. The third-order valence-electron chi connectivity index (χ3n) is 4.83. The largest absolute Gasteiger partial charge is 0.369 e. The van der Waals surface area contributed by atoms with Crippen LogP contribution >= 0.6 is 11.6 Å². The summed E-state index contributed by atoms with van der Waals surface area (Å²) in [5.74, 6) is -1.11. The van der Waals surface area contributed by atoms with E-state index in [0.29, 0.717) is 23.8 Å². The highest BCUT2D eigenvalue weighted by Gasteiger charge is 2.44. The van der Waals surface area contributed by atoms with Gasteiger partial charge in [0.1, 0.15) is 0 Å². The van der Waals surface area contributed by atoms with Crippen molar-refractivity contribution in [1.82, 2.24) is 4.90 Å². The zero-order valence-corrected chi connectivity index (χ0v) is 14.3. The number of amides is 3. The van der Waals surface area contributed by atoms with Gasteiger partial charge >= 0.3 is 0 Å². The summed E-state index contributed by atoms with van der Waals surface area (Å²) in [7, 11) is 0. The molecule has 24 heavy (non-hydrogen) atoms. The molecule has 128 valence electrons. The number of carbonyl (C=O) groups excluding carboxylic acids is 3. The first-order valence-corrected chi connectivity index (χ1v) is 8.42. The SMILES string of the molecule is Cc1ccc(N2C(=O)C[C@@H](N3CCC[C@@H](C(N)=O)C3)C2=O)cc1Cl. The first-order chi connectivity index (χ1) is 11.4. The maximum Gasteiger partial charge on any atom is 0.251 e. The summed E-state index contributed by atoms with van der Waals surface area (Å²) >= 11 is 6.12. The molecule has 2 aliphatic rings. The van der Waals surface area contributed by atoms with E-state index < -0.39 is 6.04 Å². The molecule has 2 atom stereocenters. The van der Waals surface area contributed by atoms with Gasteiger partial charge in [0, 0.05) is 11.6 Å². The molecule has 0 spiro atoms. The lowest BCUT2D eigenvalue weighted by molar-refractivity contribution is -0.127. The summed E-state index contributed by atoms with van der Waals surface area (Å²) in [6.45, 7) is 2.98. The van der Waals surface area contributed by atoms with Gasteiger partial charge < -0.3 is 5.73 Å². The molecule has 0 aliphatic carbocycles. The first kappa shape index (κ1) is 16.9. The number of nitrogens with two attached hydrogens (primary N) is 1. The van der Waals surface area contributed by atoms with Crippen molar-refractivity contribution in [2.75, 3.05) is 18.0 Å². The van der Waals surface area contributed by atoms with Gasteiger partial charge in [-0.15, -0.1) is 0 Å². The van der Waals surface area contributed by atoms with E-state index >= 15 is 0 Å². The number of nitrogens with zero attached hydrogens (tertiary/aromatic N) is 2. The highest BCUT2D eigenvalue weighted by atomic mass is 35.5. The van der Waals surface area contributed by atoms with Crippen LogP contribution in [0.2, 0.25) is 5.02 Å². The van der Waals surface area contributed by atoms with Crippen molar-refractivity contribution in [3.8, 4) is 0 Å². The number of halogens is 1. The summed E-state index contributed by atoms with van der Waals surface area (Å²) in [6.07, 6.45) is 1.65. The van der Waals surface area contributed by atoms with E-state index in [9.17, 15) is 14.4 Å². The van der Waals surface area contributed by atoms with Crippen molar-refractivity contribution in [3.63, 3.8) is 0 Å². The molecule has 3 rings (SSSR count). The molecule has 7 heteroatoms. The summed E-state index contributed by atoms with van der Waals surface area (Å²) in [5, 5.41) is 0.517. The minimum absolute atomic E-state index is 0.121. The molecular formula is C17H20ClN3O3. The molecule has 0 bridgehead atoms. The second kappa shape index (κ2) is 6.53. The molecule has 6 nitrogen and oxygen atoms in total. The minimum atomic E-state index is -0.528. The molecule has 2 fully saturated rings. The zero-order chi connectivity index (χ0) is 17.4. The van der Waals surface area contributed by atoms with E-state index in [0.717, 1.165) is 18.4 Å². The van der Waals surface area contributed by atoms with Crippen LogP contribution in [0, 0.1) is 12.8 Å².